The average Bonchev–Trinajstić information content (AvgIpc) is 2.37. The molecule has 0 spiro atoms. The van der Waals surface area contributed by atoms with Crippen molar-refractivity contribution < 1.29 is 4.74 Å². The SMILES string of the molecule is C=CCC(CNCC)COCc1ccccc1. The highest BCUT2D eigenvalue weighted by molar-refractivity contribution is 5.13. The molecule has 17 heavy (non-hydrogen) atoms. The Bertz CT molecular complexity index is 297. The number of allylic oxidation sites excluding steroid dienone is 1. The summed E-state index contributed by atoms with van der Waals surface area (Å²) in [5.74, 6) is 0.524. The Kier molecular flexibility index (Phi) is 7.35. The smallest absolute Gasteiger partial charge is 0.0717 e. The predicted molar refractivity (Wildman–Crippen MR) is 72.9 cm³/mol. The average molecular weight is 233 g/mol. The van der Waals surface area contributed by atoms with Crippen molar-refractivity contribution in [2.45, 2.75) is 20.0 Å². The molecule has 0 radical (unpaired) electrons. The number of ether oxygens (including phenoxy) is 1. The second-order valence-electron chi connectivity index (χ2n) is 4.20. The van der Waals surface area contributed by atoms with Gasteiger partial charge < -0.3 is 10.1 Å². The van der Waals surface area contributed by atoms with Crippen molar-refractivity contribution in [3.8, 4) is 0 Å². The van der Waals surface area contributed by atoms with Gasteiger partial charge in [0.15, 0.2) is 0 Å². The summed E-state index contributed by atoms with van der Waals surface area (Å²) >= 11 is 0. The molecule has 1 aromatic rings. The van der Waals surface area contributed by atoms with Crippen LogP contribution >= 0.6 is 0 Å². The third-order valence-electron chi connectivity index (χ3n) is 2.65. The van der Waals surface area contributed by atoms with E-state index >= 15 is 0 Å². The first-order chi connectivity index (χ1) is 8.36. The predicted octanol–water partition coefficient (Wildman–Crippen LogP) is 3.01. The Morgan fingerprint density at radius 2 is 2.12 bits per heavy atom. The molecule has 0 fully saturated rings. The van der Waals surface area contributed by atoms with Crippen molar-refractivity contribution in [2.75, 3.05) is 19.7 Å². The quantitative estimate of drug-likeness (QED) is 0.662. The number of hydrogen-bond acceptors (Lipinski definition) is 2. The van der Waals surface area contributed by atoms with Crippen LogP contribution < -0.4 is 5.32 Å². The van der Waals surface area contributed by atoms with Gasteiger partial charge in [-0.05, 0) is 24.4 Å². The standard InChI is InChI=1S/C15H23NO/c1-3-8-15(11-16-4-2)13-17-12-14-9-6-5-7-10-14/h3,5-7,9-10,15-16H,1,4,8,11-13H2,2H3. The van der Waals surface area contributed by atoms with Gasteiger partial charge in [0.1, 0.15) is 0 Å². The van der Waals surface area contributed by atoms with Gasteiger partial charge in [0, 0.05) is 6.54 Å². The lowest BCUT2D eigenvalue weighted by molar-refractivity contribution is 0.0875. The van der Waals surface area contributed by atoms with Gasteiger partial charge in [-0.1, -0.05) is 43.3 Å². The van der Waals surface area contributed by atoms with Crippen molar-refractivity contribution in [1.29, 1.82) is 0 Å². The van der Waals surface area contributed by atoms with E-state index in [9.17, 15) is 0 Å². The Morgan fingerprint density at radius 3 is 2.76 bits per heavy atom. The minimum absolute atomic E-state index is 0.524. The Morgan fingerprint density at radius 1 is 1.35 bits per heavy atom. The van der Waals surface area contributed by atoms with Crippen molar-refractivity contribution in [3.63, 3.8) is 0 Å². The summed E-state index contributed by atoms with van der Waals surface area (Å²) < 4.78 is 5.74. The van der Waals surface area contributed by atoms with Crippen LogP contribution in [0, 0.1) is 5.92 Å². The molecule has 0 amide bonds. The van der Waals surface area contributed by atoms with Crippen molar-refractivity contribution in [3.05, 3.63) is 48.6 Å². The second kappa shape index (κ2) is 8.97. The number of rotatable bonds is 9. The highest BCUT2D eigenvalue weighted by Gasteiger charge is 2.06. The van der Waals surface area contributed by atoms with Crippen molar-refractivity contribution in [1.82, 2.24) is 5.32 Å². The van der Waals surface area contributed by atoms with Gasteiger partial charge in [-0.15, -0.1) is 6.58 Å². The first-order valence-corrected chi connectivity index (χ1v) is 6.30. The fraction of sp³-hybridized carbons (Fsp3) is 0.467. The molecule has 2 nitrogen and oxygen atoms in total. The molecule has 0 bridgehead atoms. The maximum Gasteiger partial charge on any atom is 0.0717 e. The van der Waals surface area contributed by atoms with Crippen molar-refractivity contribution in [2.24, 2.45) is 5.92 Å². The summed E-state index contributed by atoms with van der Waals surface area (Å²) in [6.07, 6.45) is 2.97. The lowest BCUT2D eigenvalue weighted by Gasteiger charge is -2.15. The fourth-order valence-corrected chi connectivity index (χ4v) is 1.71. The van der Waals surface area contributed by atoms with Crippen LogP contribution in [0.2, 0.25) is 0 Å². The van der Waals surface area contributed by atoms with Crippen LogP contribution in [0.5, 0.6) is 0 Å². The maximum absolute atomic E-state index is 5.74. The molecule has 2 heteroatoms. The van der Waals surface area contributed by atoms with Gasteiger partial charge in [0.25, 0.3) is 0 Å². The molecule has 0 aliphatic heterocycles. The second-order valence-corrected chi connectivity index (χ2v) is 4.20. The molecule has 0 saturated heterocycles. The number of benzene rings is 1. The summed E-state index contributed by atoms with van der Waals surface area (Å²) in [5, 5.41) is 3.35. The van der Waals surface area contributed by atoms with Crippen LogP contribution in [-0.2, 0) is 11.3 Å². The zero-order valence-electron chi connectivity index (χ0n) is 10.7. The molecule has 0 aliphatic rings. The van der Waals surface area contributed by atoms with E-state index in [2.05, 4.69) is 31.0 Å². The summed E-state index contributed by atoms with van der Waals surface area (Å²) in [5.41, 5.74) is 1.23. The molecule has 0 heterocycles. The maximum atomic E-state index is 5.74. The van der Waals surface area contributed by atoms with E-state index in [1.165, 1.54) is 5.56 Å². The minimum atomic E-state index is 0.524. The van der Waals surface area contributed by atoms with Crippen LogP contribution in [0.15, 0.2) is 43.0 Å². The Balaban J connectivity index is 2.24. The lowest BCUT2D eigenvalue weighted by atomic mass is 10.1. The van der Waals surface area contributed by atoms with E-state index in [0.29, 0.717) is 12.5 Å². The molecule has 1 atom stereocenters. The van der Waals surface area contributed by atoms with Crippen LogP contribution in [-0.4, -0.2) is 19.7 Å². The van der Waals surface area contributed by atoms with Gasteiger partial charge in [-0.2, -0.15) is 0 Å². The third kappa shape index (κ3) is 6.25. The van der Waals surface area contributed by atoms with Gasteiger partial charge in [-0.3, -0.25) is 0 Å². The Hall–Kier alpha value is -1.12. The summed E-state index contributed by atoms with van der Waals surface area (Å²) in [4.78, 5) is 0. The minimum Gasteiger partial charge on any atom is -0.376 e. The normalized spacial score (nSPS) is 12.3. The van der Waals surface area contributed by atoms with Crippen LogP contribution in [0.3, 0.4) is 0 Å². The lowest BCUT2D eigenvalue weighted by Crippen LogP contribution is -2.25. The summed E-state index contributed by atoms with van der Waals surface area (Å²) in [6.45, 7) is 9.40. The molecule has 94 valence electrons. The van der Waals surface area contributed by atoms with E-state index in [4.69, 9.17) is 4.74 Å². The van der Waals surface area contributed by atoms with E-state index < -0.39 is 0 Å². The highest BCUT2D eigenvalue weighted by atomic mass is 16.5. The molecular weight excluding hydrogens is 210 g/mol. The summed E-state index contributed by atoms with van der Waals surface area (Å²) in [7, 11) is 0. The van der Waals surface area contributed by atoms with Gasteiger partial charge >= 0.3 is 0 Å². The van der Waals surface area contributed by atoms with E-state index in [-0.39, 0.29) is 0 Å². The largest absolute Gasteiger partial charge is 0.376 e. The zero-order chi connectivity index (χ0) is 12.3. The van der Waals surface area contributed by atoms with E-state index in [1.807, 2.05) is 24.3 Å². The first-order valence-electron chi connectivity index (χ1n) is 6.30. The number of hydrogen-bond donors (Lipinski definition) is 1. The van der Waals surface area contributed by atoms with Crippen LogP contribution in [0.1, 0.15) is 18.9 Å². The van der Waals surface area contributed by atoms with Crippen LogP contribution in [0.4, 0.5) is 0 Å². The van der Waals surface area contributed by atoms with Gasteiger partial charge in [-0.25, -0.2) is 0 Å². The molecule has 1 aromatic carbocycles. The Labute approximate surface area is 105 Å². The number of nitrogens with one attached hydrogen (secondary N) is 1. The molecule has 1 unspecified atom stereocenters. The molecular formula is C15H23NO. The van der Waals surface area contributed by atoms with Crippen molar-refractivity contribution >= 4 is 0 Å². The highest BCUT2D eigenvalue weighted by Crippen LogP contribution is 2.06. The van der Waals surface area contributed by atoms with Gasteiger partial charge in [0.2, 0.25) is 0 Å². The van der Waals surface area contributed by atoms with E-state index in [0.717, 1.165) is 26.1 Å². The molecule has 0 saturated carbocycles. The molecule has 0 aromatic heterocycles. The van der Waals surface area contributed by atoms with E-state index in [1.54, 1.807) is 0 Å². The fourth-order valence-electron chi connectivity index (χ4n) is 1.71. The molecule has 1 rings (SSSR count). The monoisotopic (exact) mass is 233 g/mol. The summed E-state index contributed by atoms with van der Waals surface area (Å²) in [6, 6.07) is 10.3. The van der Waals surface area contributed by atoms with Crippen LogP contribution in [0.25, 0.3) is 0 Å². The molecule has 1 N–H and O–H groups in total. The third-order valence-corrected chi connectivity index (χ3v) is 2.65. The van der Waals surface area contributed by atoms with Gasteiger partial charge in [0.05, 0.1) is 13.2 Å². The first kappa shape index (κ1) is 13.9. The topological polar surface area (TPSA) is 21.3 Å². The zero-order valence-corrected chi connectivity index (χ0v) is 10.7. The molecule has 0 aliphatic carbocycles.